The quantitative estimate of drug-likeness (QED) is 0.357. The number of hydrazine groups is 1. The van der Waals surface area contributed by atoms with Crippen LogP contribution in [0.25, 0.3) is 0 Å². The predicted octanol–water partition coefficient (Wildman–Crippen LogP) is 0.371. The van der Waals surface area contributed by atoms with Crippen molar-refractivity contribution in [1.29, 1.82) is 0 Å². The Balaban J connectivity index is 2.43. The van der Waals surface area contributed by atoms with Gasteiger partial charge in [0, 0.05) is 0 Å². The first-order chi connectivity index (χ1) is 9.13. The molecule has 0 fully saturated rings. The molecule has 1 aromatic carbocycles. The molecule has 0 spiro atoms. The molecular formula is C11H11N5O3. The summed E-state index contributed by atoms with van der Waals surface area (Å²) in [5.74, 6) is 4.30. The van der Waals surface area contributed by atoms with Crippen LogP contribution in [0.15, 0.2) is 42.6 Å². The summed E-state index contributed by atoms with van der Waals surface area (Å²) in [5.41, 5.74) is 2.66. The molecule has 3 N–H and O–H groups in total. The zero-order valence-electron chi connectivity index (χ0n) is 9.76. The lowest BCUT2D eigenvalue weighted by molar-refractivity contribution is -0.389. The van der Waals surface area contributed by atoms with Crippen molar-refractivity contribution < 1.29 is 9.72 Å². The van der Waals surface area contributed by atoms with Gasteiger partial charge in [-0.1, -0.05) is 30.3 Å². The van der Waals surface area contributed by atoms with Crippen LogP contribution in [0.4, 0.5) is 5.82 Å². The monoisotopic (exact) mass is 261 g/mol. The van der Waals surface area contributed by atoms with E-state index >= 15 is 0 Å². The first-order valence-electron chi connectivity index (χ1n) is 5.38. The molecule has 1 atom stereocenters. The summed E-state index contributed by atoms with van der Waals surface area (Å²) in [7, 11) is 0. The first-order valence-corrected chi connectivity index (χ1v) is 5.38. The smallest absolute Gasteiger partial charge is 0.358 e. The highest BCUT2D eigenvalue weighted by Gasteiger charge is 2.26. The van der Waals surface area contributed by atoms with Gasteiger partial charge in [0.1, 0.15) is 0 Å². The van der Waals surface area contributed by atoms with Gasteiger partial charge in [0.25, 0.3) is 5.91 Å². The number of amides is 1. The largest absolute Gasteiger partial charge is 0.389 e. The van der Waals surface area contributed by atoms with Crippen LogP contribution in [0.1, 0.15) is 11.6 Å². The molecule has 2 aromatic rings. The number of rotatable bonds is 4. The molecule has 0 aliphatic heterocycles. The van der Waals surface area contributed by atoms with Crippen molar-refractivity contribution in [3.8, 4) is 0 Å². The summed E-state index contributed by atoms with van der Waals surface area (Å²) in [6, 6.07) is 9.11. The number of nitrogens with one attached hydrogen (secondary N) is 1. The lowest BCUT2D eigenvalue weighted by atomic mass is 10.1. The predicted molar refractivity (Wildman–Crippen MR) is 65.8 cm³/mol. The van der Waals surface area contributed by atoms with E-state index in [0.29, 0.717) is 5.56 Å². The zero-order valence-corrected chi connectivity index (χ0v) is 9.76. The van der Waals surface area contributed by atoms with Gasteiger partial charge >= 0.3 is 5.82 Å². The Labute approximate surface area is 108 Å². The summed E-state index contributed by atoms with van der Waals surface area (Å²) in [4.78, 5) is 21.8. The van der Waals surface area contributed by atoms with E-state index in [-0.39, 0.29) is 5.82 Å². The SMILES string of the molecule is NNC(=O)C(c1ccccc1)n1ccc([N+](=O)[O-])n1. The van der Waals surface area contributed by atoms with Crippen LogP contribution in [0.3, 0.4) is 0 Å². The Bertz CT molecular complexity index is 595. The van der Waals surface area contributed by atoms with E-state index in [9.17, 15) is 14.9 Å². The summed E-state index contributed by atoms with van der Waals surface area (Å²) < 4.78 is 1.20. The van der Waals surface area contributed by atoms with Crippen LogP contribution in [0.2, 0.25) is 0 Å². The number of nitrogens with two attached hydrogens (primary N) is 1. The average molecular weight is 261 g/mol. The Morgan fingerprint density at radius 2 is 2.05 bits per heavy atom. The molecule has 1 heterocycles. The van der Waals surface area contributed by atoms with Crippen molar-refractivity contribution in [2.45, 2.75) is 6.04 Å². The van der Waals surface area contributed by atoms with Crippen molar-refractivity contribution in [3.63, 3.8) is 0 Å². The van der Waals surface area contributed by atoms with E-state index < -0.39 is 16.9 Å². The number of hydrogen-bond acceptors (Lipinski definition) is 5. The highest BCUT2D eigenvalue weighted by atomic mass is 16.6. The number of nitro groups is 1. The maximum atomic E-state index is 11.8. The maximum absolute atomic E-state index is 11.8. The third-order valence-corrected chi connectivity index (χ3v) is 2.55. The minimum Gasteiger partial charge on any atom is -0.358 e. The van der Waals surface area contributed by atoms with Crippen LogP contribution in [-0.2, 0) is 4.79 Å². The topological polar surface area (TPSA) is 116 Å². The van der Waals surface area contributed by atoms with Gasteiger partial charge in [-0.15, -0.1) is 0 Å². The molecule has 0 saturated heterocycles. The van der Waals surface area contributed by atoms with E-state index in [1.165, 1.54) is 16.9 Å². The molecule has 0 radical (unpaired) electrons. The third kappa shape index (κ3) is 2.58. The molecule has 0 bridgehead atoms. The van der Waals surface area contributed by atoms with Crippen molar-refractivity contribution in [2.75, 3.05) is 0 Å². The molecule has 1 aromatic heterocycles. The molecule has 0 saturated carbocycles. The van der Waals surface area contributed by atoms with Gasteiger partial charge in [-0.05, 0) is 10.5 Å². The minimum absolute atomic E-state index is 0.328. The second-order valence-electron chi connectivity index (χ2n) is 3.73. The Kier molecular flexibility index (Phi) is 3.53. The van der Waals surface area contributed by atoms with E-state index in [1.807, 2.05) is 5.43 Å². The number of aromatic nitrogens is 2. The van der Waals surface area contributed by atoms with Gasteiger partial charge in [-0.2, -0.15) is 4.68 Å². The van der Waals surface area contributed by atoms with Crippen LogP contribution in [0.5, 0.6) is 0 Å². The Morgan fingerprint density at radius 3 is 2.58 bits per heavy atom. The fraction of sp³-hybridized carbons (Fsp3) is 0.0909. The van der Waals surface area contributed by atoms with Gasteiger partial charge in [-0.25, -0.2) is 5.84 Å². The lowest BCUT2D eigenvalue weighted by Gasteiger charge is -2.12. The molecule has 1 unspecified atom stereocenters. The van der Waals surface area contributed by atoms with Gasteiger partial charge in [0.05, 0.1) is 17.4 Å². The minimum atomic E-state index is -0.847. The normalized spacial score (nSPS) is 11.8. The van der Waals surface area contributed by atoms with E-state index in [1.54, 1.807) is 30.3 Å². The lowest BCUT2D eigenvalue weighted by Crippen LogP contribution is -2.37. The molecule has 19 heavy (non-hydrogen) atoms. The second kappa shape index (κ2) is 5.27. The van der Waals surface area contributed by atoms with Crippen LogP contribution in [-0.4, -0.2) is 20.6 Å². The summed E-state index contributed by atoms with van der Waals surface area (Å²) in [5, 5.41) is 14.4. The molecule has 8 heteroatoms. The van der Waals surface area contributed by atoms with Crippen molar-refractivity contribution in [2.24, 2.45) is 5.84 Å². The van der Waals surface area contributed by atoms with E-state index in [0.717, 1.165) is 0 Å². The molecule has 0 aliphatic carbocycles. The number of carbonyl (C=O) groups excluding carboxylic acids is 1. The molecular weight excluding hydrogens is 250 g/mol. The maximum Gasteiger partial charge on any atom is 0.389 e. The summed E-state index contributed by atoms with van der Waals surface area (Å²) >= 11 is 0. The number of nitrogens with zero attached hydrogens (tertiary/aromatic N) is 3. The molecule has 0 aliphatic rings. The summed E-state index contributed by atoms with van der Waals surface area (Å²) in [6.07, 6.45) is 1.37. The van der Waals surface area contributed by atoms with Gasteiger partial charge < -0.3 is 10.1 Å². The highest BCUT2D eigenvalue weighted by Crippen LogP contribution is 2.19. The highest BCUT2D eigenvalue weighted by molar-refractivity contribution is 5.82. The van der Waals surface area contributed by atoms with Crippen molar-refractivity contribution in [1.82, 2.24) is 15.2 Å². The Hall–Kier alpha value is -2.74. The fourth-order valence-electron chi connectivity index (χ4n) is 1.71. The van der Waals surface area contributed by atoms with Gasteiger partial charge in [0.2, 0.25) is 0 Å². The van der Waals surface area contributed by atoms with Crippen molar-refractivity contribution in [3.05, 3.63) is 58.3 Å². The van der Waals surface area contributed by atoms with E-state index in [4.69, 9.17) is 5.84 Å². The van der Waals surface area contributed by atoms with Crippen LogP contribution in [0, 0.1) is 10.1 Å². The average Bonchev–Trinajstić information content (AvgIpc) is 2.89. The first kappa shape index (κ1) is 12.7. The number of benzene rings is 1. The fourth-order valence-corrected chi connectivity index (χ4v) is 1.71. The second-order valence-corrected chi connectivity index (χ2v) is 3.73. The van der Waals surface area contributed by atoms with Gasteiger partial charge in [0.15, 0.2) is 6.04 Å². The number of hydrogen-bond donors (Lipinski definition) is 2. The summed E-state index contributed by atoms with van der Waals surface area (Å²) in [6.45, 7) is 0. The third-order valence-electron chi connectivity index (χ3n) is 2.55. The molecule has 98 valence electrons. The van der Waals surface area contributed by atoms with Crippen LogP contribution >= 0.6 is 0 Å². The van der Waals surface area contributed by atoms with Crippen molar-refractivity contribution >= 4 is 11.7 Å². The van der Waals surface area contributed by atoms with Crippen LogP contribution < -0.4 is 11.3 Å². The number of carbonyl (C=O) groups is 1. The zero-order chi connectivity index (χ0) is 13.8. The molecule has 8 nitrogen and oxygen atoms in total. The standard InChI is InChI=1S/C11H11N5O3/c12-13-11(17)10(8-4-2-1-3-5-8)15-7-6-9(14-15)16(18)19/h1-7,10H,12H2,(H,13,17). The molecule has 1 amide bonds. The Morgan fingerprint density at radius 1 is 1.37 bits per heavy atom. The molecule has 2 rings (SSSR count). The van der Waals surface area contributed by atoms with Gasteiger partial charge in [-0.3, -0.25) is 10.2 Å². The van der Waals surface area contributed by atoms with E-state index in [2.05, 4.69) is 5.10 Å².